The molecule has 1 heterocycles. The number of hydrogen-bond donors (Lipinski definition) is 1. The van der Waals surface area contributed by atoms with Gasteiger partial charge in [-0.05, 0) is 36.2 Å². The van der Waals surface area contributed by atoms with Gasteiger partial charge in [-0.25, -0.2) is 9.37 Å². The molecular formula is C19H23FN2OS. The average Bonchev–Trinajstić information content (AvgIpc) is 2.60. The second-order valence-corrected chi connectivity index (χ2v) is 6.56. The first-order chi connectivity index (χ1) is 11.7. The van der Waals surface area contributed by atoms with E-state index in [0.29, 0.717) is 22.9 Å². The molecule has 0 bridgehead atoms. The third-order valence-corrected chi connectivity index (χ3v) is 4.67. The Hall–Kier alpha value is -1.88. The van der Waals surface area contributed by atoms with Gasteiger partial charge >= 0.3 is 0 Å². The van der Waals surface area contributed by atoms with E-state index in [4.69, 9.17) is 0 Å². The zero-order valence-electron chi connectivity index (χ0n) is 13.9. The van der Waals surface area contributed by atoms with E-state index in [2.05, 4.69) is 17.2 Å². The van der Waals surface area contributed by atoms with Crippen LogP contribution in [-0.2, 0) is 5.75 Å². The second kappa shape index (κ2) is 10.1. The van der Waals surface area contributed by atoms with Crippen molar-refractivity contribution in [3.8, 4) is 0 Å². The fourth-order valence-corrected chi connectivity index (χ4v) is 3.24. The van der Waals surface area contributed by atoms with E-state index in [1.54, 1.807) is 24.4 Å². The molecule has 128 valence electrons. The number of benzene rings is 1. The van der Waals surface area contributed by atoms with E-state index in [1.165, 1.54) is 36.7 Å². The zero-order chi connectivity index (χ0) is 17.2. The highest BCUT2D eigenvalue weighted by molar-refractivity contribution is 7.98. The molecule has 0 atom stereocenters. The number of nitrogens with one attached hydrogen (secondary N) is 1. The monoisotopic (exact) mass is 346 g/mol. The van der Waals surface area contributed by atoms with Crippen molar-refractivity contribution in [2.75, 3.05) is 6.54 Å². The minimum atomic E-state index is -0.251. The Morgan fingerprint density at radius 2 is 2.08 bits per heavy atom. The summed E-state index contributed by atoms with van der Waals surface area (Å²) in [5.41, 5.74) is 1.45. The molecule has 1 aromatic carbocycles. The highest BCUT2D eigenvalue weighted by atomic mass is 32.2. The molecule has 0 radical (unpaired) electrons. The Kier molecular flexibility index (Phi) is 7.75. The lowest BCUT2D eigenvalue weighted by molar-refractivity contribution is 0.0949. The summed E-state index contributed by atoms with van der Waals surface area (Å²) in [5.74, 6) is 0.228. The van der Waals surface area contributed by atoms with Crippen molar-refractivity contribution >= 4 is 17.7 Å². The van der Waals surface area contributed by atoms with E-state index in [9.17, 15) is 9.18 Å². The number of hydrogen-bond acceptors (Lipinski definition) is 3. The number of carbonyl (C=O) groups excluding carboxylic acids is 1. The highest BCUT2D eigenvalue weighted by Crippen LogP contribution is 2.24. The average molecular weight is 346 g/mol. The fraction of sp³-hybridized carbons (Fsp3) is 0.368. The van der Waals surface area contributed by atoms with Gasteiger partial charge in [0.15, 0.2) is 0 Å². The SMILES string of the molecule is CCCCCCNC(=O)c1cccnc1SCc1cccc(F)c1. The molecular weight excluding hydrogens is 323 g/mol. The summed E-state index contributed by atoms with van der Waals surface area (Å²) in [4.78, 5) is 16.6. The van der Waals surface area contributed by atoms with Gasteiger partial charge in [-0.1, -0.05) is 38.3 Å². The third-order valence-electron chi connectivity index (χ3n) is 3.60. The molecule has 1 aromatic heterocycles. The van der Waals surface area contributed by atoms with Crippen molar-refractivity contribution < 1.29 is 9.18 Å². The summed E-state index contributed by atoms with van der Waals surface area (Å²) in [6.45, 7) is 2.85. The predicted molar refractivity (Wildman–Crippen MR) is 96.7 cm³/mol. The topological polar surface area (TPSA) is 42.0 Å². The molecule has 0 fully saturated rings. The van der Waals surface area contributed by atoms with E-state index in [-0.39, 0.29) is 11.7 Å². The van der Waals surface area contributed by atoms with Gasteiger partial charge in [0.05, 0.1) is 5.56 Å². The first-order valence-electron chi connectivity index (χ1n) is 8.31. The van der Waals surface area contributed by atoms with Crippen LogP contribution in [0.1, 0.15) is 48.5 Å². The zero-order valence-corrected chi connectivity index (χ0v) is 14.7. The number of carbonyl (C=O) groups is 1. The van der Waals surface area contributed by atoms with Crippen molar-refractivity contribution in [2.45, 2.75) is 43.4 Å². The number of pyridine rings is 1. The molecule has 24 heavy (non-hydrogen) atoms. The van der Waals surface area contributed by atoms with Crippen LogP contribution >= 0.6 is 11.8 Å². The van der Waals surface area contributed by atoms with Gasteiger partial charge in [0.1, 0.15) is 10.8 Å². The van der Waals surface area contributed by atoms with Gasteiger partial charge in [-0.2, -0.15) is 0 Å². The van der Waals surface area contributed by atoms with Crippen LogP contribution in [0, 0.1) is 5.82 Å². The smallest absolute Gasteiger partial charge is 0.254 e. The number of aromatic nitrogens is 1. The summed E-state index contributed by atoms with van der Waals surface area (Å²) >= 11 is 1.45. The summed E-state index contributed by atoms with van der Waals surface area (Å²) < 4.78 is 13.2. The van der Waals surface area contributed by atoms with Gasteiger partial charge < -0.3 is 5.32 Å². The lowest BCUT2D eigenvalue weighted by Gasteiger charge is -2.09. The van der Waals surface area contributed by atoms with E-state index in [1.807, 2.05) is 6.07 Å². The number of nitrogens with zero attached hydrogens (tertiary/aromatic N) is 1. The van der Waals surface area contributed by atoms with Gasteiger partial charge in [0.2, 0.25) is 0 Å². The normalized spacial score (nSPS) is 10.6. The van der Waals surface area contributed by atoms with Crippen LogP contribution in [0.3, 0.4) is 0 Å². The first-order valence-corrected chi connectivity index (χ1v) is 9.29. The number of halogens is 1. The Balaban J connectivity index is 1.92. The van der Waals surface area contributed by atoms with E-state index in [0.717, 1.165) is 18.4 Å². The summed E-state index contributed by atoms with van der Waals surface area (Å²) in [6.07, 6.45) is 6.16. The summed E-state index contributed by atoms with van der Waals surface area (Å²) in [7, 11) is 0. The lowest BCUT2D eigenvalue weighted by atomic mass is 10.2. The Bertz CT molecular complexity index is 663. The molecule has 1 N–H and O–H groups in total. The van der Waals surface area contributed by atoms with Crippen LogP contribution < -0.4 is 5.32 Å². The maximum absolute atomic E-state index is 13.2. The van der Waals surface area contributed by atoms with E-state index < -0.39 is 0 Å². The maximum atomic E-state index is 13.2. The first kappa shape index (κ1) is 18.5. The van der Waals surface area contributed by atoms with Crippen LogP contribution in [0.15, 0.2) is 47.6 Å². The summed E-state index contributed by atoms with van der Waals surface area (Å²) in [6, 6.07) is 10.0. The number of rotatable bonds is 9. The molecule has 2 rings (SSSR count). The van der Waals surface area contributed by atoms with Crippen molar-refractivity contribution in [3.63, 3.8) is 0 Å². The second-order valence-electron chi connectivity index (χ2n) is 5.59. The Labute approximate surface area is 147 Å². The molecule has 2 aromatic rings. The number of thioether (sulfide) groups is 1. The van der Waals surface area contributed by atoms with Gasteiger partial charge in [0.25, 0.3) is 5.91 Å². The van der Waals surface area contributed by atoms with Gasteiger partial charge in [-0.3, -0.25) is 4.79 Å². The summed E-state index contributed by atoms with van der Waals surface area (Å²) in [5, 5.41) is 3.63. The Morgan fingerprint density at radius 3 is 2.88 bits per heavy atom. The third kappa shape index (κ3) is 5.96. The standard InChI is InChI=1S/C19H23FN2OS/c1-2-3-4-5-11-21-18(23)17-10-7-12-22-19(17)24-14-15-8-6-9-16(20)13-15/h6-10,12-13H,2-5,11,14H2,1H3,(H,21,23). The van der Waals surface area contributed by atoms with Crippen LogP contribution in [0.25, 0.3) is 0 Å². The molecule has 5 heteroatoms. The largest absolute Gasteiger partial charge is 0.352 e. The van der Waals surface area contributed by atoms with Crippen LogP contribution in [0.4, 0.5) is 4.39 Å². The van der Waals surface area contributed by atoms with Crippen molar-refractivity contribution in [1.29, 1.82) is 0 Å². The molecule has 0 unspecified atom stereocenters. The van der Waals surface area contributed by atoms with Crippen molar-refractivity contribution in [2.24, 2.45) is 0 Å². The molecule has 0 saturated heterocycles. The van der Waals surface area contributed by atoms with Crippen molar-refractivity contribution in [1.82, 2.24) is 10.3 Å². The minimum Gasteiger partial charge on any atom is -0.352 e. The lowest BCUT2D eigenvalue weighted by Crippen LogP contribution is -2.25. The number of amides is 1. The number of unbranched alkanes of at least 4 members (excludes halogenated alkanes) is 3. The predicted octanol–water partition coefficient (Wildman–Crippen LogP) is 4.82. The van der Waals surface area contributed by atoms with Gasteiger partial charge in [0, 0.05) is 18.5 Å². The molecule has 0 saturated carbocycles. The highest BCUT2D eigenvalue weighted by Gasteiger charge is 2.12. The molecule has 3 nitrogen and oxygen atoms in total. The Morgan fingerprint density at radius 1 is 1.21 bits per heavy atom. The van der Waals surface area contributed by atoms with Crippen molar-refractivity contribution in [3.05, 3.63) is 59.5 Å². The molecule has 1 amide bonds. The van der Waals surface area contributed by atoms with Crippen LogP contribution in [0.5, 0.6) is 0 Å². The molecule has 0 aliphatic carbocycles. The minimum absolute atomic E-state index is 0.0960. The maximum Gasteiger partial charge on any atom is 0.254 e. The molecule has 0 aliphatic heterocycles. The van der Waals surface area contributed by atoms with Crippen LogP contribution in [0.2, 0.25) is 0 Å². The van der Waals surface area contributed by atoms with Gasteiger partial charge in [-0.15, -0.1) is 11.8 Å². The molecule has 0 aliphatic rings. The molecule has 0 spiro atoms. The fourth-order valence-electron chi connectivity index (χ4n) is 2.31. The van der Waals surface area contributed by atoms with E-state index >= 15 is 0 Å². The quantitative estimate of drug-likeness (QED) is 0.523. The van der Waals surface area contributed by atoms with Crippen LogP contribution in [-0.4, -0.2) is 17.4 Å².